The van der Waals surface area contributed by atoms with Crippen LogP contribution < -0.4 is 5.32 Å². The lowest BCUT2D eigenvalue weighted by atomic mass is 9.73. The first-order chi connectivity index (χ1) is 10.1. The molecule has 0 bridgehead atoms. The Kier molecular flexibility index (Phi) is 6.57. The molecule has 2 rings (SSSR count). The lowest BCUT2D eigenvalue weighted by Crippen LogP contribution is -2.32. The molecule has 1 aliphatic rings. The van der Waals surface area contributed by atoms with Gasteiger partial charge in [-0.25, -0.2) is 0 Å². The molecule has 2 heteroatoms. The van der Waals surface area contributed by atoms with Gasteiger partial charge in [0.1, 0.15) is 0 Å². The van der Waals surface area contributed by atoms with Gasteiger partial charge in [-0.1, -0.05) is 50.6 Å². The van der Waals surface area contributed by atoms with Crippen molar-refractivity contribution in [3.8, 4) is 0 Å². The number of nitrogens with one attached hydrogen (secondary N) is 1. The minimum absolute atomic E-state index is 0.423. The van der Waals surface area contributed by atoms with Crippen molar-refractivity contribution in [3.05, 3.63) is 34.9 Å². The number of halogens is 1. The number of hydrogen-bond donors (Lipinski definition) is 1. The van der Waals surface area contributed by atoms with Crippen LogP contribution in [0.25, 0.3) is 0 Å². The fraction of sp³-hybridized carbons (Fsp3) is 0.684. The highest BCUT2D eigenvalue weighted by atomic mass is 35.5. The van der Waals surface area contributed by atoms with Crippen molar-refractivity contribution < 1.29 is 0 Å². The molecular weight excluding hydrogens is 278 g/mol. The van der Waals surface area contributed by atoms with E-state index in [9.17, 15) is 0 Å². The molecule has 1 N–H and O–H groups in total. The second-order valence-electron chi connectivity index (χ2n) is 6.87. The second kappa shape index (κ2) is 8.19. The van der Waals surface area contributed by atoms with Crippen LogP contribution in [-0.2, 0) is 0 Å². The molecular formula is C19H30ClN. The molecule has 0 amide bonds. The number of hydrogen-bond acceptors (Lipinski definition) is 1. The molecule has 1 aromatic carbocycles. The highest BCUT2D eigenvalue weighted by Gasteiger charge is 2.30. The second-order valence-corrected chi connectivity index (χ2v) is 7.28. The standard InChI is InChI=1S/C19H30ClN/c1-4-13-21-19(17-7-5-6-8-18(17)20)16-11-9-15(10-12-16)14(2)3/h5-8,14-16,19,21H,4,9-13H2,1-3H3. The molecule has 1 unspecified atom stereocenters. The van der Waals surface area contributed by atoms with Crippen molar-refractivity contribution in [1.82, 2.24) is 5.32 Å². The molecule has 0 aliphatic heterocycles. The van der Waals surface area contributed by atoms with Crippen molar-refractivity contribution in [2.45, 2.75) is 58.9 Å². The van der Waals surface area contributed by atoms with Gasteiger partial charge in [-0.15, -0.1) is 0 Å². The first-order valence-corrected chi connectivity index (χ1v) is 8.99. The Bertz CT molecular complexity index is 421. The summed E-state index contributed by atoms with van der Waals surface area (Å²) in [6, 6.07) is 8.79. The maximum atomic E-state index is 6.46. The van der Waals surface area contributed by atoms with Crippen LogP contribution in [0.1, 0.15) is 64.5 Å². The molecule has 1 aliphatic carbocycles. The van der Waals surface area contributed by atoms with Gasteiger partial charge in [0.25, 0.3) is 0 Å². The Balaban J connectivity index is 2.09. The van der Waals surface area contributed by atoms with E-state index in [0.29, 0.717) is 6.04 Å². The molecule has 1 aromatic rings. The van der Waals surface area contributed by atoms with Gasteiger partial charge < -0.3 is 5.32 Å². The summed E-state index contributed by atoms with van der Waals surface area (Å²) in [5.74, 6) is 2.47. The zero-order valence-electron chi connectivity index (χ0n) is 13.7. The third-order valence-corrected chi connectivity index (χ3v) is 5.43. The topological polar surface area (TPSA) is 12.0 Å². The molecule has 118 valence electrons. The summed E-state index contributed by atoms with van der Waals surface area (Å²) in [7, 11) is 0. The molecule has 1 fully saturated rings. The van der Waals surface area contributed by atoms with Gasteiger partial charge in [0.05, 0.1) is 0 Å². The quantitative estimate of drug-likeness (QED) is 0.696. The smallest absolute Gasteiger partial charge is 0.0453 e. The maximum Gasteiger partial charge on any atom is 0.0453 e. The van der Waals surface area contributed by atoms with Crippen LogP contribution in [0.4, 0.5) is 0 Å². The number of rotatable bonds is 6. The fourth-order valence-electron chi connectivity index (χ4n) is 3.70. The summed E-state index contributed by atoms with van der Waals surface area (Å²) in [5.41, 5.74) is 1.29. The van der Waals surface area contributed by atoms with Crippen LogP contribution in [0.15, 0.2) is 24.3 Å². The van der Waals surface area contributed by atoms with Gasteiger partial charge in [-0.05, 0) is 68.0 Å². The average Bonchev–Trinajstić information content (AvgIpc) is 2.50. The number of benzene rings is 1. The van der Waals surface area contributed by atoms with Gasteiger partial charge in [-0.2, -0.15) is 0 Å². The highest BCUT2D eigenvalue weighted by molar-refractivity contribution is 6.31. The monoisotopic (exact) mass is 307 g/mol. The van der Waals surface area contributed by atoms with Gasteiger partial charge >= 0.3 is 0 Å². The van der Waals surface area contributed by atoms with Gasteiger partial charge in [0.15, 0.2) is 0 Å². The van der Waals surface area contributed by atoms with E-state index in [2.05, 4.69) is 38.2 Å². The first kappa shape index (κ1) is 16.8. The van der Waals surface area contributed by atoms with E-state index in [-0.39, 0.29) is 0 Å². The Morgan fingerprint density at radius 1 is 1.10 bits per heavy atom. The average molecular weight is 308 g/mol. The van der Waals surface area contributed by atoms with Crippen LogP contribution in [0.2, 0.25) is 5.02 Å². The van der Waals surface area contributed by atoms with Crippen LogP contribution >= 0.6 is 11.6 Å². The Morgan fingerprint density at radius 3 is 2.29 bits per heavy atom. The van der Waals surface area contributed by atoms with Crippen LogP contribution in [-0.4, -0.2) is 6.54 Å². The summed E-state index contributed by atoms with van der Waals surface area (Å²) < 4.78 is 0. The van der Waals surface area contributed by atoms with Crippen molar-refractivity contribution in [1.29, 1.82) is 0 Å². The van der Waals surface area contributed by atoms with Gasteiger partial charge in [-0.3, -0.25) is 0 Å². The van der Waals surface area contributed by atoms with Crippen LogP contribution in [0, 0.1) is 17.8 Å². The predicted octanol–water partition coefficient (Wildman–Crippen LogP) is 5.84. The molecule has 1 saturated carbocycles. The predicted molar refractivity (Wildman–Crippen MR) is 92.8 cm³/mol. The molecule has 0 aromatic heterocycles. The van der Waals surface area contributed by atoms with Crippen molar-refractivity contribution in [2.24, 2.45) is 17.8 Å². The minimum Gasteiger partial charge on any atom is -0.310 e. The summed E-state index contributed by atoms with van der Waals surface area (Å²) >= 11 is 6.46. The molecule has 21 heavy (non-hydrogen) atoms. The highest BCUT2D eigenvalue weighted by Crippen LogP contribution is 2.40. The zero-order chi connectivity index (χ0) is 15.2. The van der Waals surface area contributed by atoms with E-state index in [1.807, 2.05) is 12.1 Å². The van der Waals surface area contributed by atoms with E-state index in [4.69, 9.17) is 11.6 Å². The summed E-state index contributed by atoms with van der Waals surface area (Å²) in [4.78, 5) is 0. The maximum absolute atomic E-state index is 6.46. The third kappa shape index (κ3) is 4.47. The van der Waals surface area contributed by atoms with E-state index >= 15 is 0 Å². The van der Waals surface area contributed by atoms with Crippen molar-refractivity contribution >= 4 is 11.6 Å². The fourth-order valence-corrected chi connectivity index (χ4v) is 3.96. The van der Waals surface area contributed by atoms with Crippen LogP contribution in [0.3, 0.4) is 0 Å². The summed E-state index contributed by atoms with van der Waals surface area (Å²) in [6.07, 6.45) is 6.57. The first-order valence-electron chi connectivity index (χ1n) is 8.61. The van der Waals surface area contributed by atoms with Gasteiger partial charge in [0.2, 0.25) is 0 Å². The van der Waals surface area contributed by atoms with E-state index in [0.717, 1.165) is 29.3 Å². The summed E-state index contributed by atoms with van der Waals surface area (Å²) in [6.45, 7) is 8.03. The zero-order valence-corrected chi connectivity index (χ0v) is 14.5. The normalized spacial score (nSPS) is 24.2. The molecule has 0 saturated heterocycles. The van der Waals surface area contributed by atoms with E-state index in [1.165, 1.54) is 37.7 Å². The minimum atomic E-state index is 0.423. The molecule has 1 nitrogen and oxygen atoms in total. The summed E-state index contributed by atoms with van der Waals surface area (Å²) in [5, 5.41) is 4.67. The largest absolute Gasteiger partial charge is 0.310 e. The van der Waals surface area contributed by atoms with E-state index in [1.54, 1.807) is 0 Å². The van der Waals surface area contributed by atoms with Crippen molar-refractivity contribution in [2.75, 3.05) is 6.54 Å². The van der Waals surface area contributed by atoms with Gasteiger partial charge in [0, 0.05) is 11.1 Å². The van der Waals surface area contributed by atoms with Crippen LogP contribution in [0.5, 0.6) is 0 Å². The Labute approximate surface area is 135 Å². The van der Waals surface area contributed by atoms with Crippen molar-refractivity contribution in [3.63, 3.8) is 0 Å². The third-order valence-electron chi connectivity index (χ3n) is 5.09. The molecule has 0 spiro atoms. The lowest BCUT2D eigenvalue weighted by Gasteiger charge is -2.36. The lowest BCUT2D eigenvalue weighted by molar-refractivity contribution is 0.189. The Hall–Kier alpha value is -0.530. The molecule has 1 atom stereocenters. The molecule has 0 radical (unpaired) electrons. The van der Waals surface area contributed by atoms with E-state index < -0.39 is 0 Å². The molecule has 0 heterocycles. The Morgan fingerprint density at radius 2 is 1.71 bits per heavy atom. The SMILES string of the molecule is CCCNC(c1ccccc1Cl)C1CCC(C(C)C)CC1.